The van der Waals surface area contributed by atoms with Crippen LogP contribution in [0, 0.1) is 0 Å². The predicted octanol–water partition coefficient (Wildman–Crippen LogP) is 2.94. The van der Waals surface area contributed by atoms with E-state index in [0.717, 1.165) is 5.69 Å². The van der Waals surface area contributed by atoms with Crippen molar-refractivity contribution in [2.24, 2.45) is 0 Å². The topological polar surface area (TPSA) is 82.7 Å². The van der Waals surface area contributed by atoms with Gasteiger partial charge in [-0.25, -0.2) is 4.79 Å². The maximum atomic E-state index is 12.5. The van der Waals surface area contributed by atoms with Gasteiger partial charge in [-0.15, -0.1) is 0 Å². The summed E-state index contributed by atoms with van der Waals surface area (Å²) in [6, 6.07) is 6.69. The lowest BCUT2D eigenvalue weighted by Gasteiger charge is -2.26. The number of carbonyl (C=O) groups is 1. The van der Waals surface area contributed by atoms with E-state index in [9.17, 15) is 18.0 Å². The number of nitrogens with zero attached hydrogens (tertiary/aromatic N) is 4. The van der Waals surface area contributed by atoms with Gasteiger partial charge in [0.15, 0.2) is 0 Å². The first kappa shape index (κ1) is 17.1. The second-order valence-corrected chi connectivity index (χ2v) is 5.75. The van der Waals surface area contributed by atoms with Crippen LogP contribution in [0.2, 0.25) is 0 Å². The lowest BCUT2D eigenvalue weighted by Crippen LogP contribution is -2.36. The highest BCUT2D eigenvalue weighted by molar-refractivity contribution is 5.66. The third-order valence-corrected chi connectivity index (χ3v) is 4.18. The summed E-state index contributed by atoms with van der Waals surface area (Å²) in [5.74, 6) is -1.53. The molecule has 0 bridgehead atoms. The zero-order chi connectivity index (χ0) is 18.2. The Morgan fingerprint density at radius 2 is 2.04 bits per heavy atom. The van der Waals surface area contributed by atoms with Crippen LogP contribution in [0.4, 0.5) is 23.7 Å². The van der Waals surface area contributed by atoms with Crippen LogP contribution < -0.4 is 4.90 Å². The summed E-state index contributed by atoms with van der Waals surface area (Å²) in [6.07, 6.45) is -4.90. The Balaban J connectivity index is 1.72. The van der Waals surface area contributed by atoms with Gasteiger partial charge in [-0.3, -0.25) is 0 Å². The van der Waals surface area contributed by atoms with Crippen LogP contribution in [0.15, 0.2) is 28.8 Å². The van der Waals surface area contributed by atoms with E-state index in [-0.39, 0.29) is 11.9 Å². The molecule has 10 heteroatoms. The van der Waals surface area contributed by atoms with E-state index in [1.54, 1.807) is 24.3 Å². The molecule has 134 valence electrons. The maximum Gasteiger partial charge on any atom is 0.471 e. The van der Waals surface area contributed by atoms with Crippen LogP contribution in [-0.4, -0.2) is 52.4 Å². The summed E-state index contributed by atoms with van der Waals surface area (Å²) in [6.45, 7) is 0.888. The number of carboxylic acid groups (broad SMARTS) is 1. The molecule has 1 aliphatic heterocycles. The molecule has 1 saturated heterocycles. The number of anilines is 1. The number of hydrogen-bond donors (Lipinski definition) is 1. The van der Waals surface area contributed by atoms with E-state index in [4.69, 9.17) is 5.11 Å². The van der Waals surface area contributed by atoms with Gasteiger partial charge in [0.25, 0.3) is 0 Å². The fourth-order valence-electron chi connectivity index (χ4n) is 2.74. The van der Waals surface area contributed by atoms with Gasteiger partial charge < -0.3 is 19.4 Å². The molecule has 1 N–H and O–H groups in total. The molecule has 1 aromatic heterocycles. The molecular formula is C15H15F3N4O3. The molecule has 0 radical (unpaired) electrons. The Hall–Kier alpha value is -2.78. The second-order valence-electron chi connectivity index (χ2n) is 5.75. The van der Waals surface area contributed by atoms with Crippen LogP contribution in [0.5, 0.6) is 0 Å². The van der Waals surface area contributed by atoms with Gasteiger partial charge in [-0.05, 0) is 30.7 Å². The first-order valence-electron chi connectivity index (χ1n) is 7.48. The number of hydrogen-bond acceptors (Lipinski definition) is 5. The fraction of sp³-hybridized carbons (Fsp3) is 0.400. The Morgan fingerprint density at radius 3 is 2.56 bits per heavy atom. The third-order valence-electron chi connectivity index (χ3n) is 4.18. The van der Waals surface area contributed by atoms with Crippen LogP contribution in [0.25, 0.3) is 11.4 Å². The first-order valence-corrected chi connectivity index (χ1v) is 7.48. The molecular weight excluding hydrogens is 341 g/mol. The minimum Gasteiger partial charge on any atom is -0.465 e. The molecule has 1 aliphatic rings. The predicted molar refractivity (Wildman–Crippen MR) is 81.1 cm³/mol. The molecule has 0 unspecified atom stereocenters. The first-order chi connectivity index (χ1) is 11.8. The van der Waals surface area contributed by atoms with Crippen molar-refractivity contribution in [3.63, 3.8) is 0 Å². The SMILES string of the molecule is CN(c1ccc(-c2noc(C(F)(F)F)n2)cc1)[C@H]1CCN(C(=O)O)C1. The van der Waals surface area contributed by atoms with Crippen LogP contribution in [-0.2, 0) is 6.18 Å². The van der Waals surface area contributed by atoms with Gasteiger partial charge >= 0.3 is 18.2 Å². The van der Waals surface area contributed by atoms with Crippen LogP contribution in [0.1, 0.15) is 12.3 Å². The summed E-state index contributed by atoms with van der Waals surface area (Å²) in [5.41, 5.74) is 1.22. The molecule has 1 amide bonds. The molecule has 0 saturated carbocycles. The van der Waals surface area contributed by atoms with Gasteiger partial charge in [0.05, 0.1) is 0 Å². The minimum atomic E-state index is -4.68. The lowest BCUT2D eigenvalue weighted by atomic mass is 10.1. The molecule has 3 rings (SSSR count). The molecule has 2 aromatic rings. The Bertz CT molecular complexity index is 760. The Labute approximate surface area is 140 Å². The number of rotatable bonds is 3. The highest BCUT2D eigenvalue weighted by Crippen LogP contribution is 2.30. The average Bonchev–Trinajstić information content (AvgIpc) is 3.23. The van der Waals surface area contributed by atoms with Crippen molar-refractivity contribution in [3.8, 4) is 11.4 Å². The van der Waals surface area contributed by atoms with E-state index >= 15 is 0 Å². The molecule has 0 spiro atoms. The number of benzene rings is 1. The minimum absolute atomic E-state index is 0.0453. The van der Waals surface area contributed by atoms with Gasteiger partial charge in [-0.2, -0.15) is 18.2 Å². The second kappa shape index (κ2) is 6.26. The number of aromatic nitrogens is 2. The summed E-state index contributed by atoms with van der Waals surface area (Å²) < 4.78 is 41.7. The van der Waals surface area contributed by atoms with Crippen molar-refractivity contribution in [1.29, 1.82) is 0 Å². The Morgan fingerprint density at radius 1 is 1.36 bits per heavy atom. The van der Waals surface area contributed by atoms with Gasteiger partial charge in [0.1, 0.15) is 0 Å². The van der Waals surface area contributed by atoms with Gasteiger partial charge in [0, 0.05) is 37.4 Å². The average molecular weight is 356 g/mol. The normalized spacial score (nSPS) is 17.8. The molecule has 1 fully saturated rings. The zero-order valence-corrected chi connectivity index (χ0v) is 13.2. The van der Waals surface area contributed by atoms with E-state index < -0.39 is 18.2 Å². The number of likely N-dealkylation sites (tertiary alicyclic amines) is 1. The molecule has 7 nitrogen and oxygen atoms in total. The summed E-state index contributed by atoms with van der Waals surface area (Å²) in [4.78, 5) is 17.6. The van der Waals surface area contributed by atoms with Crippen molar-refractivity contribution in [1.82, 2.24) is 15.0 Å². The largest absolute Gasteiger partial charge is 0.471 e. The fourth-order valence-corrected chi connectivity index (χ4v) is 2.74. The van der Waals surface area contributed by atoms with E-state index in [0.29, 0.717) is 25.1 Å². The highest BCUT2D eigenvalue weighted by Gasteiger charge is 2.38. The molecule has 25 heavy (non-hydrogen) atoms. The molecule has 2 heterocycles. The van der Waals surface area contributed by atoms with Gasteiger partial charge in [-0.1, -0.05) is 5.16 Å². The van der Waals surface area contributed by atoms with E-state index in [1.165, 1.54) is 4.90 Å². The van der Waals surface area contributed by atoms with Crippen LogP contribution >= 0.6 is 0 Å². The highest BCUT2D eigenvalue weighted by atomic mass is 19.4. The molecule has 1 atom stereocenters. The van der Waals surface area contributed by atoms with Crippen molar-refractivity contribution in [2.75, 3.05) is 25.0 Å². The van der Waals surface area contributed by atoms with E-state index in [1.807, 2.05) is 11.9 Å². The van der Waals surface area contributed by atoms with Crippen molar-refractivity contribution in [3.05, 3.63) is 30.2 Å². The summed E-state index contributed by atoms with van der Waals surface area (Å²) >= 11 is 0. The van der Waals surface area contributed by atoms with Crippen molar-refractivity contribution < 1.29 is 27.6 Å². The monoisotopic (exact) mass is 356 g/mol. The van der Waals surface area contributed by atoms with Crippen molar-refractivity contribution >= 4 is 11.8 Å². The zero-order valence-electron chi connectivity index (χ0n) is 13.2. The number of likely N-dealkylation sites (N-methyl/N-ethyl adjacent to an activating group) is 1. The lowest BCUT2D eigenvalue weighted by molar-refractivity contribution is -0.159. The smallest absolute Gasteiger partial charge is 0.465 e. The van der Waals surface area contributed by atoms with Gasteiger partial charge in [0.2, 0.25) is 5.82 Å². The Kier molecular flexibility index (Phi) is 4.27. The summed E-state index contributed by atoms with van der Waals surface area (Å²) in [7, 11) is 1.85. The standard InChI is InChI=1S/C15H15F3N4O3/c1-21(11-6-7-22(8-11)14(23)24)10-4-2-9(3-5-10)12-19-13(25-20-12)15(16,17)18/h2-5,11H,6-8H2,1H3,(H,23,24)/t11-/m0/s1. The number of halogens is 3. The molecule has 1 aromatic carbocycles. The quantitative estimate of drug-likeness (QED) is 0.910. The number of alkyl halides is 3. The van der Waals surface area contributed by atoms with Crippen LogP contribution in [0.3, 0.4) is 0 Å². The number of amides is 1. The molecule has 0 aliphatic carbocycles. The third kappa shape index (κ3) is 3.52. The summed E-state index contributed by atoms with van der Waals surface area (Å²) in [5, 5.41) is 12.4. The van der Waals surface area contributed by atoms with E-state index in [2.05, 4.69) is 14.7 Å². The maximum absolute atomic E-state index is 12.5. The van der Waals surface area contributed by atoms with Crippen molar-refractivity contribution in [2.45, 2.75) is 18.6 Å².